The van der Waals surface area contributed by atoms with E-state index >= 15 is 0 Å². The van der Waals surface area contributed by atoms with Gasteiger partial charge in [0.25, 0.3) is 0 Å². The van der Waals surface area contributed by atoms with Crippen molar-refractivity contribution in [2.75, 3.05) is 7.11 Å². The van der Waals surface area contributed by atoms with E-state index in [2.05, 4.69) is 6.07 Å². The summed E-state index contributed by atoms with van der Waals surface area (Å²) in [4.78, 5) is 12.7. The van der Waals surface area contributed by atoms with Crippen LogP contribution in [0.1, 0.15) is 0 Å². The number of hydrogen-bond donors (Lipinski definition) is 0. The van der Waals surface area contributed by atoms with E-state index in [1.54, 1.807) is 36.6 Å². The topological polar surface area (TPSA) is 39.4 Å². The molecule has 2 aromatic carbocycles. The van der Waals surface area contributed by atoms with Crippen molar-refractivity contribution in [1.29, 1.82) is 0 Å². The van der Waals surface area contributed by atoms with Gasteiger partial charge >= 0.3 is 0 Å². The largest absolute Gasteiger partial charge is 0.497 e. The van der Waals surface area contributed by atoms with Gasteiger partial charge in [0.1, 0.15) is 17.6 Å². The van der Waals surface area contributed by atoms with Gasteiger partial charge in [-0.15, -0.1) is 11.3 Å². The zero-order chi connectivity index (χ0) is 15.1. The molecule has 4 heteroatoms. The summed E-state index contributed by atoms with van der Waals surface area (Å²) in [5.41, 5.74) is 1.96. The Hall–Kier alpha value is -2.59. The lowest BCUT2D eigenvalue weighted by Gasteiger charge is -2.05. The van der Waals surface area contributed by atoms with E-state index in [0.717, 1.165) is 10.3 Å². The lowest BCUT2D eigenvalue weighted by molar-refractivity contribution is 0.414. The molecule has 4 rings (SSSR count). The van der Waals surface area contributed by atoms with E-state index in [1.165, 1.54) is 11.6 Å². The Bertz CT molecular complexity index is 1040. The van der Waals surface area contributed by atoms with Crippen molar-refractivity contribution < 1.29 is 9.15 Å². The van der Waals surface area contributed by atoms with E-state index in [4.69, 9.17) is 9.15 Å². The second-order valence-electron chi connectivity index (χ2n) is 5.01. The maximum Gasteiger partial charge on any atom is 0.200 e. The summed E-state index contributed by atoms with van der Waals surface area (Å²) in [6.07, 6.45) is 1.53. The van der Waals surface area contributed by atoms with Gasteiger partial charge in [-0.25, -0.2) is 0 Å². The molecule has 2 aromatic heterocycles. The van der Waals surface area contributed by atoms with Gasteiger partial charge in [0.15, 0.2) is 5.43 Å². The zero-order valence-corrected chi connectivity index (χ0v) is 12.6. The van der Waals surface area contributed by atoms with E-state index in [-0.39, 0.29) is 5.43 Å². The predicted molar refractivity (Wildman–Crippen MR) is 89.9 cm³/mol. The monoisotopic (exact) mass is 308 g/mol. The van der Waals surface area contributed by atoms with E-state index < -0.39 is 0 Å². The molecule has 2 heterocycles. The Morgan fingerprint density at radius 3 is 2.86 bits per heavy atom. The summed E-state index contributed by atoms with van der Waals surface area (Å²) < 4.78 is 12.0. The molecular formula is C18H12O3S. The molecule has 0 spiro atoms. The summed E-state index contributed by atoms with van der Waals surface area (Å²) in [7, 11) is 1.59. The first-order chi connectivity index (χ1) is 10.8. The van der Waals surface area contributed by atoms with E-state index in [1.807, 2.05) is 23.6 Å². The van der Waals surface area contributed by atoms with E-state index in [0.29, 0.717) is 22.3 Å². The Kier molecular flexibility index (Phi) is 2.98. The Balaban J connectivity index is 1.94. The lowest BCUT2D eigenvalue weighted by atomic mass is 10.0. The van der Waals surface area contributed by atoms with Crippen LogP contribution in [0.4, 0.5) is 0 Å². The molecule has 0 unspecified atom stereocenters. The molecule has 3 nitrogen and oxygen atoms in total. The molecule has 108 valence electrons. The zero-order valence-electron chi connectivity index (χ0n) is 11.8. The summed E-state index contributed by atoms with van der Waals surface area (Å²) in [6.45, 7) is 0. The van der Waals surface area contributed by atoms with Crippen LogP contribution in [0.25, 0.3) is 32.2 Å². The van der Waals surface area contributed by atoms with Gasteiger partial charge in [-0.1, -0.05) is 12.1 Å². The van der Waals surface area contributed by atoms with Gasteiger partial charge in [-0.05, 0) is 40.6 Å². The third kappa shape index (κ3) is 2.00. The van der Waals surface area contributed by atoms with Crippen LogP contribution in [0.2, 0.25) is 0 Å². The molecule has 0 fully saturated rings. The molecule has 0 bridgehead atoms. The number of thiophene rings is 1. The molecule has 0 saturated heterocycles. The van der Waals surface area contributed by atoms with Crippen LogP contribution in [0, 0.1) is 0 Å². The number of benzene rings is 2. The van der Waals surface area contributed by atoms with Crippen molar-refractivity contribution >= 4 is 32.4 Å². The Morgan fingerprint density at radius 1 is 1.09 bits per heavy atom. The maximum atomic E-state index is 12.7. The standard InChI is InChI=1S/C18H12O3S/c1-20-13-4-5-14-16(9-13)21-10-15(18(14)19)12-3-2-11-6-7-22-17(11)8-12/h2-10H,1H3. The fourth-order valence-electron chi connectivity index (χ4n) is 2.56. The summed E-state index contributed by atoms with van der Waals surface area (Å²) in [5.74, 6) is 0.670. The van der Waals surface area contributed by atoms with Gasteiger partial charge in [-0.2, -0.15) is 0 Å². The number of fused-ring (bicyclic) bond motifs is 2. The molecule has 0 aliphatic carbocycles. The highest BCUT2D eigenvalue weighted by Crippen LogP contribution is 2.28. The third-order valence-electron chi connectivity index (χ3n) is 3.75. The normalized spacial score (nSPS) is 11.1. The second-order valence-corrected chi connectivity index (χ2v) is 5.96. The van der Waals surface area contributed by atoms with Crippen LogP contribution in [-0.2, 0) is 0 Å². The number of rotatable bonds is 2. The lowest BCUT2D eigenvalue weighted by Crippen LogP contribution is -2.04. The Labute approximate surface area is 130 Å². The van der Waals surface area contributed by atoms with Gasteiger partial charge in [0.05, 0.1) is 18.1 Å². The molecule has 0 N–H and O–H groups in total. The molecule has 0 atom stereocenters. The number of methoxy groups -OCH3 is 1. The van der Waals surface area contributed by atoms with Crippen LogP contribution in [0.5, 0.6) is 5.75 Å². The molecule has 0 radical (unpaired) electrons. The third-order valence-corrected chi connectivity index (χ3v) is 4.63. The highest BCUT2D eigenvalue weighted by molar-refractivity contribution is 7.17. The molecular weight excluding hydrogens is 296 g/mol. The molecule has 0 aliphatic heterocycles. The fourth-order valence-corrected chi connectivity index (χ4v) is 3.39. The van der Waals surface area contributed by atoms with Crippen molar-refractivity contribution in [3.8, 4) is 16.9 Å². The van der Waals surface area contributed by atoms with Gasteiger partial charge in [0.2, 0.25) is 0 Å². The number of hydrogen-bond acceptors (Lipinski definition) is 4. The van der Waals surface area contributed by atoms with Crippen LogP contribution < -0.4 is 10.2 Å². The highest BCUT2D eigenvalue weighted by atomic mass is 32.1. The van der Waals surface area contributed by atoms with Gasteiger partial charge in [0, 0.05) is 10.8 Å². The maximum absolute atomic E-state index is 12.7. The minimum absolute atomic E-state index is 0.0280. The molecule has 0 aliphatic rings. The fraction of sp³-hybridized carbons (Fsp3) is 0.0556. The molecule has 4 aromatic rings. The summed E-state index contributed by atoms with van der Waals surface area (Å²) >= 11 is 1.66. The first-order valence-electron chi connectivity index (χ1n) is 6.83. The van der Waals surface area contributed by atoms with Crippen LogP contribution >= 0.6 is 11.3 Å². The average Bonchev–Trinajstić information content (AvgIpc) is 3.02. The van der Waals surface area contributed by atoms with Crippen molar-refractivity contribution in [2.24, 2.45) is 0 Å². The van der Waals surface area contributed by atoms with Gasteiger partial charge < -0.3 is 9.15 Å². The second kappa shape index (κ2) is 5.00. The minimum Gasteiger partial charge on any atom is -0.497 e. The summed E-state index contributed by atoms with van der Waals surface area (Å²) in [5, 5.41) is 3.79. The molecule has 0 saturated carbocycles. The quantitative estimate of drug-likeness (QED) is 0.539. The average molecular weight is 308 g/mol. The first-order valence-corrected chi connectivity index (χ1v) is 7.71. The van der Waals surface area contributed by atoms with Crippen molar-refractivity contribution in [1.82, 2.24) is 0 Å². The molecule has 0 amide bonds. The smallest absolute Gasteiger partial charge is 0.200 e. The van der Waals surface area contributed by atoms with Crippen molar-refractivity contribution in [2.45, 2.75) is 0 Å². The minimum atomic E-state index is -0.0280. The Morgan fingerprint density at radius 2 is 2.00 bits per heavy atom. The van der Waals surface area contributed by atoms with Crippen molar-refractivity contribution in [3.63, 3.8) is 0 Å². The number of ether oxygens (including phenoxy) is 1. The van der Waals surface area contributed by atoms with Crippen LogP contribution in [0.3, 0.4) is 0 Å². The van der Waals surface area contributed by atoms with E-state index in [9.17, 15) is 4.79 Å². The summed E-state index contributed by atoms with van der Waals surface area (Å²) in [6, 6.07) is 13.3. The highest BCUT2D eigenvalue weighted by Gasteiger charge is 2.10. The SMILES string of the molecule is COc1ccc2c(=O)c(-c3ccc4ccsc4c3)coc2c1. The van der Waals surface area contributed by atoms with Gasteiger partial charge in [-0.3, -0.25) is 4.79 Å². The first kappa shape index (κ1) is 13.1. The van der Waals surface area contributed by atoms with Crippen LogP contribution in [-0.4, -0.2) is 7.11 Å². The predicted octanol–water partition coefficient (Wildman–Crippen LogP) is 4.68. The molecule has 22 heavy (non-hydrogen) atoms. The van der Waals surface area contributed by atoms with Crippen molar-refractivity contribution in [3.05, 3.63) is 64.3 Å². The van der Waals surface area contributed by atoms with Crippen LogP contribution in [0.15, 0.2) is 63.3 Å².